The molecule has 2 aromatic rings. The molecule has 11 heteroatoms. The number of hydrogen-bond acceptors (Lipinski definition) is 6. The summed E-state index contributed by atoms with van der Waals surface area (Å²) >= 11 is 5.74. The number of hydrazone groups is 1. The highest BCUT2D eigenvalue weighted by Crippen LogP contribution is 2.24. The Morgan fingerprint density at radius 2 is 1.93 bits per heavy atom. The molecule has 0 saturated carbocycles. The van der Waals surface area contributed by atoms with Crippen LogP contribution in [0.5, 0.6) is 0 Å². The quantitative estimate of drug-likeness (QED) is 0.385. The second kappa shape index (κ2) is 9.59. The maximum atomic E-state index is 12.6. The molecule has 154 valence electrons. The number of nitro benzene ring substituents is 1. The zero-order chi connectivity index (χ0) is 21.6. The fourth-order valence-corrected chi connectivity index (χ4v) is 4.18. The van der Waals surface area contributed by atoms with Crippen molar-refractivity contribution >= 4 is 39.4 Å². The largest absolute Gasteiger partial charge is 0.288 e. The lowest BCUT2D eigenvalue weighted by Gasteiger charge is -2.18. The third-order valence-electron chi connectivity index (χ3n) is 3.99. The van der Waals surface area contributed by atoms with Gasteiger partial charge in [-0.3, -0.25) is 14.9 Å². The third kappa shape index (κ3) is 5.37. The fraction of sp³-hybridized carbons (Fsp3) is 0.222. The molecule has 0 fully saturated rings. The lowest BCUT2D eigenvalue weighted by Crippen LogP contribution is -2.30. The Hall–Kier alpha value is -2.82. The van der Waals surface area contributed by atoms with Gasteiger partial charge in [0.2, 0.25) is 10.0 Å². The molecule has 2 rings (SSSR count). The average Bonchev–Trinajstić information content (AvgIpc) is 2.69. The molecular weight excluding hydrogens is 420 g/mol. The molecular formula is C18H19ClN4O5S. The van der Waals surface area contributed by atoms with Gasteiger partial charge < -0.3 is 0 Å². The van der Waals surface area contributed by atoms with E-state index in [4.69, 9.17) is 11.6 Å². The number of carbonyl (C=O) groups excluding carboxylic acids is 1. The molecule has 0 aliphatic heterocycles. The van der Waals surface area contributed by atoms with E-state index >= 15 is 0 Å². The highest BCUT2D eigenvalue weighted by atomic mass is 35.5. The molecule has 0 radical (unpaired) electrons. The van der Waals surface area contributed by atoms with Crippen molar-refractivity contribution in [1.29, 1.82) is 0 Å². The molecule has 0 spiro atoms. The molecule has 0 aliphatic carbocycles. The number of nitrogens with one attached hydrogen (secondary N) is 1. The SMILES string of the molecule is CCN(CC)S(=O)(=O)c1cccc(C(=O)NN=Cc2ccc(Cl)c([N+](=O)[O-])c2)c1. The topological polar surface area (TPSA) is 122 Å². The van der Waals surface area contributed by atoms with Crippen LogP contribution in [0.3, 0.4) is 0 Å². The summed E-state index contributed by atoms with van der Waals surface area (Å²) in [5, 5.41) is 14.6. The first kappa shape index (κ1) is 22.5. The summed E-state index contributed by atoms with van der Waals surface area (Å²) in [5.41, 5.74) is 2.45. The van der Waals surface area contributed by atoms with Crippen LogP contribution in [0.4, 0.5) is 5.69 Å². The van der Waals surface area contributed by atoms with E-state index < -0.39 is 20.9 Å². The fourth-order valence-electron chi connectivity index (χ4n) is 2.49. The normalized spacial score (nSPS) is 11.7. The summed E-state index contributed by atoms with van der Waals surface area (Å²) in [6, 6.07) is 9.69. The zero-order valence-corrected chi connectivity index (χ0v) is 17.3. The molecule has 0 aromatic heterocycles. The van der Waals surface area contributed by atoms with Crippen LogP contribution in [0.1, 0.15) is 29.8 Å². The van der Waals surface area contributed by atoms with Gasteiger partial charge in [-0.25, -0.2) is 13.8 Å². The van der Waals surface area contributed by atoms with Crippen LogP contribution in [-0.4, -0.2) is 42.9 Å². The Bertz CT molecular complexity index is 1050. The van der Waals surface area contributed by atoms with Gasteiger partial charge in [0.1, 0.15) is 5.02 Å². The summed E-state index contributed by atoms with van der Waals surface area (Å²) < 4.78 is 26.5. The van der Waals surface area contributed by atoms with Crippen LogP contribution in [0.15, 0.2) is 52.5 Å². The number of benzene rings is 2. The van der Waals surface area contributed by atoms with E-state index in [1.165, 1.54) is 53.0 Å². The number of hydrogen-bond donors (Lipinski definition) is 1. The van der Waals surface area contributed by atoms with E-state index in [1.807, 2.05) is 0 Å². The van der Waals surface area contributed by atoms with Crippen molar-refractivity contribution < 1.29 is 18.1 Å². The highest BCUT2D eigenvalue weighted by Gasteiger charge is 2.22. The molecule has 0 unspecified atom stereocenters. The monoisotopic (exact) mass is 438 g/mol. The van der Waals surface area contributed by atoms with E-state index in [0.29, 0.717) is 18.7 Å². The molecule has 9 nitrogen and oxygen atoms in total. The summed E-state index contributed by atoms with van der Waals surface area (Å²) in [6.07, 6.45) is 1.22. The number of rotatable bonds is 8. The van der Waals surface area contributed by atoms with Crippen LogP contribution in [0.2, 0.25) is 5.02 Å². The van der Waals surface area contributed by atoms with Crippen molar-refractivity contribution in [3.63, 3.8) is 0 Å². The van der Waals surface area contributed by atoms with E-state index in [2.05, 4.69) is 10.5 Å². The standard InChI is InChI=1S/C18H19ClN4O5S/c1-3-22(4-2)29(27,28)15-7-5-6-14(11-15)18(24)21-20-12-13-8-9-16(19)17(10-13)23(25)26/h5-12H,3-4H2,1-2H3,(H,21,24). The number of sulfonamides is 1. The van der Waals surface area contributed by atoms with Crippen LogP contribution in [0, 0.1) is 10.1 Å². The lowest BCUT2D eigenvalue weighted by molar-refractivity contribution is -0.384. The van der Waals surface area contributed by atoms with Crippen molar-refractivity contribution in [2.24, 2.45) is 5.10 Å². The highest BCUT2D eigenvalue weighted by molar-refractivity contribution is 7.89. The third-order valence-corrected chi connectivity index (χ3v) is 6.35. The molecule has 1 amide bonds. The maximum absolute atomic E-state index is 12.6. The van der Waals surface area contributed by atoms with Gasteiger partial charge in [-0.2, -0.15) is 9.41 Å². The number of nitrogens with zero attached hydrogens (tertiary/aromatic N) is 3. The summed E-state index contributed by atoms with van der Waals surface area (Å²) in [4.78, 5) is 22.6. The average molecular weight is 439 g/mol. The van der Waals surface area contributed by atoms with Gasteiger partial charge in [0, 0.05) is 30.3 Å². The van der Waals surface area contributed by atoms with Crippen LogP contribution < -0.4 is 5.43 Å². The zero-order valence-electron chi connectivity index (χ0n) is 15.7. The number of amides is 1. The van der Waals surface area contributed by atoms with Crippen molar-refractivity contribution in [1.82, 2.24) is 9.73 Å². The Morgan fingerprint density at radius 3 is 2.55 bits per heavy atom. The Labute approximate surface area is 173 Å². The Kier molecular flexibility index (Phi) is 7.43. The smallest absolute Gasteiger partial charge is 0.267 e. The lowest BCUT2D eigenvalue weighted by atomic mass is 10.2. The van der Waals surface area contributed by atoms with Gasteiger partial charge in [-0.15, -0.1) is 0 Å². The minimum atomic E-state index is -3.70. The Morgan fingerprint density at radius 1 is 1.24 bits per heavy atom. The van der Waals surface area contributed by atoms with Crippen LogP contribution >= 0.6 is 11.6 Å². The minimum Gasteiger partial charge on any atom is -0.267 e. The summed E-state index contributed by atoms with van der Waals surface area (Å²) in [6.45, 7) is 4.08. The minimum absolute atomic E-state index is 0.00570. The first-order chi connectivity index (χ1) is 13.7. The van der Waals surface area contributed by atoms with Crippen molar-refractivity contribution in [3.05, 3.63) is 68.7 Å². The van der Waals surface area contributed by atoms with Crippen LogP contribution in [0.25, 0.3) is 0 Å². The predicted molar refractivity (Wildman–Crippen MR) is 110 cm³/mol. The first-order valence-corrected chi connectivity index (χ1v) is 10.4. The number of carbonyl (C=O) groups is 1. The van der Waals surface area contributed by atoms with Crippen molar-refractivity contribution in [2.45, 2.75) is 18.7 Å². The van der Waals surface area contributed by atoms with Crippen molar-refractivity contribution in [3.8, 4) is 0 Å². The number of halogens is 1. The molecule has 2 aromatic carbocycles. The van der Waals surface area contributed by atoms with Gasteiger partial charge in [-0.1, -0.05) is 37.6 Å². The van der Waals surface area contributed by atoms with E-state index in [-0.39, 0.29) is 21.2 Å². The molecule has 0 aliphatic rings. The maximum Gasteiger partial charge on any atom is 0.288 e. The van der Waals surface area contributed by atoms with Gasteiger partial charge in [0.05, 0.1) is 16.0 Å². The Balaban J connectivity index is 2.17. The molecule has 0 bridgehead atoms. The molecule has 0 heterocycles. The van der Waals surface area contributed by atoms with E-state index in [0.717, 1.165) is 0 Å². The number of nitro groups is 1. The first-order valence-electron chi connectivity index (χ1n) is 8.58. The molecule has 0 atom stereocenters. The molecule has 29 heavy (non-hydrogen) atoms. The van der Waals surface area contributed by atoms with Gasteiger partial charge in [0.25, 0.3) is 11.6 Å². The predicted octanol–water partition coefficient (Wildman–Crippen LogP) is 3.04. The van der Waals surface area contributed by atoms with Gasteiger partial charge in [0.15, 0.2) is 0 Å². The van der Waals surface area contributed by atoms with Crippen LogP contribution in [-0.2, 0) is 10.0 Å². The van der Waals surface area contributed by atoms with E-state index in [1.54, 1.807) is 13.8 Å². The van der Waals surface area contributed by atoms with Gasteiger partial charge >= 0.3 is 0 Å². The molecule has 0 saturated heterocycles. The van der Waals surface area contributed by atoms with Gasteiger partial charge in [-0.05, 0) is 24.3 Å². The second-order valence-corrected chi connectivity index (χ2v) is 8.13. The summed E-state index contributed by atoms with van der Waals surface area (Å²) in [5.74, 6) is -0.624. The van der Waals surface area contributed by atoms with E-state index in [9.17, 15) is 23.3 Å². The summed E-state index contributed by atoms with van der Waals surface area (Å²) in [7, 11) is -3.70. The molecule has 1 N–H and O–H groups in total. The van der Waals surface area contributed by atoms with Crippen molar-refractivity contribution in [2.75, 3.05) is 13.1 Å². The second-order valence-electron chi connectivity index (χ2n) is 5.78.